The Morgan fingerprint density at radius 1 is 1.05 bits per heavy atom. The van der Waals surface area contributed by atoms with Crippen molar-refractivity contribution in [1.29, 1.82) is 0 Å². The summed E-state index contributed by atoms with van der Waals surface area (Å²) in [6, 6.07) is 0.672. The highest BCUT2D eigenvalue weighted by Crippen LogP contribution is 2.35. The van der Waals surface area contributed by atoms with Gasteiger partial charge in [-0.15, -0.1) is 0 Å². The lowest BCUT2D eigenvalue weighted by molar-refractivity contribution is 0.0655. The second-order valence-corrected chi connectivity index (χ2v) is 7.59. The number of nitrogens with zero attached hydrogens (tertiary/aromatic N) is 1. The Bertz CT molecular complexity index is 263. The topological polar surface area (TPSA) is 15.3 Å². The van der Waals surface area contributed by atoms with Gasteiger partial charge in [0.1, 0.15) is 0 Å². The molecule has 1 aliphatic carbocycles. The number of hydrogen-bond donors (Lipinski definition) is 1. The minimum absolute atomic E-state index is 0.315. The van der Waals surface area contributed by atoms with E-state index in [-0.39, 0.29) is 0 Å². The van der Waals surface area contributed by atoms with Crippen LogP contribution in [0.25, 0.3) is 0 Å². The smallest absolute Gasteiger partial charge is 0.0306 e. The van der Waals surface area contributed by atoms with Crippen LogP contribution in [0.2, 0.25) is 0 Å². The van der Waals surface area contributed by atoms with E-state index in [2.05, 4.69) is 31.0 Å². The molecule has 1 atom stereocenters. The van der Waals surface area contributed by atoms with E-state index in [0.29, 0.717) is 11.6 Å². The zero-order valence-electron chi connectivity index (χ0n) is 14.1. The maximum Gasteiger partial charge on any atom is 0.0306 e. The van der Waals surface area contributed by atoms with E-state index in [4.69, 9.17) is 0 Å². The third-order valence-corrected chi connectivity index (χ3v) is 5.71. The van der Waals surface area contributed by atoms with E-state index in [1.54, 1.807) is 0 Å². The van der Waals surface area contributed by atoms with Crippen LogP contribution >= 0.6 is 0 Å². The van der Waals surface area contributed by atoms with Gasteiger partial charge in [0.25, 0.3) is 0 Å². The fourth-order valence-corrected chi connectivity index (χ4v) is 3.87. The summed E-state index contributed by atoms with van der Waals surface area (Å²) in [5.41, 5.74) is 0.315. The van der Waals surface area contributed by atoms with Gasteiger partial charge >= 0.3 is 0 Å². The van der Waals surface area contributed by atoms with E-state index >= 15 is 0 Å². The van der Waals surface area contributed by atoms with Gasteiger partial charge in [-0.25, -0.2) is 0 Å². The van der Waals surface area contributed by atoms with Crippen LogP contribution in [0.1, 0.15) is 78.6 Å². The molecular formula is C18H36N2. The lowest BCUT2D eigenvalue weighted by Crippen LogP contribution is -2.58. The Kier molecular flexibility index (Phi) is 6.35. The second kappa shape index (κ2) is 7.79. The van der Waals surface area contributed by atoms with Gasteiger partial charge in [-0.2, -0.15) is 0 Å². The summed E-state index contributed by atoms with van der Waals surface area (Å²) in [6.07, 6.45) is 12.7. The minimum atomic E-state index is 0.315. The molecule has 0 aromatic heterocycles. The molecule has 1 saturated heterocycles. The first-order valence-electron chi connectivity index (χ1n) is 9.13. The normalized spacial score (nSPS) is 24.1. The van der Waals surface area contributed by atoms with Gasteiger partial charge in [0.05, 0.1) is 0 Å². The molecule has 0 radical (unpaired) electrons. The second-order valence-electron chi connectivity index (χ2n) is 7.59. The molecule has 1 aliphatic heterocycles. The molecule has 2 rings (SSSR count). The average molecular weight is 280 g/mol. The number of hydrogen-bond acceptors (Lipinski definition) is 2. The lowest BCUT2D eigenvalue weighted by atomic mass is 9.76. The van der Waals surface area contributed by atoms with Crippen molar-refractivity contribution in [2.45, 2.75) is 90.1 Å². The predicted octanol–water partition coefficient (Wildman–Crippen LogP) is 4.20. The Morgan fingerprint density at radius 2 is 1.70 bits per heavy atom. The first-order valence-corrected chi connectivity index (χ1v) is 9.13. The van der Waals surface area contributed by atoms with Crippen molar-refractivity contribution >= 4 is 0 Å². The highest BCUT2D eigenvalue weighted by molar-refractivity contribution is 4.96. The minimum Gasteiger partial charge on any atom is -0.312 e. The molecule has 1 heterocycles. The standard InChI is InChI=1S/C18H36N2/c1-4-12-19-17(15-16-10-9-11-16)18(2,3)20-13-7-5-6-8-14-20/h16-17,19H,4-15H2,1-3H3. The summed E-state index contributed by atoms with van der Waals surface area (Å²) in [7, 11) is 0. The Balaban J connectivity index is 1.98. The summed E-state index contributed by atoms with van der Waals surface area (Å²) in [4.78, 5) is 2.78. The van der Waals surface area contributed by atoms with Crippen molar-refractivity contribution in [3.63, 3.8) is 0 Å². The molecule has 1 N–H and O–H groups in total. The Morgan fingerprint density at radius 3 is 2.20 bits per heavy atom. The summed E-state index contributed by atoms with van der Waals surface area (Å²) in [6.45, 7) is 11.1. The van der Waals surface area contributed by atoms with Crippen LogP contribution in [0.15, 0.2) is 0 Å². The van der Waals surface area contributed by atoms with Crippen LogP contribution < -0.4 is 5.32 Å². The van der Waals surface area contributed by atoms with Gasteiger partial charge in [0.15, 0.2) is 0 Å². The zero-order chi connectivity index (χ0) is 14.4. The third-order valence-electron chi connectivity index (χ3n) is 5.71. The first kappa shape index (κ1) is 16.3. The molecule has 0 amide bonds. The van der Waals surface area contributed by atoms with Crippen LogP contribution in [0.5, 0.6) is 0 Å². The van der Waals surface area contributed by atoms with E-state index < -0.39 is 0 Å². The van der Waals surface area contributed by atoms with Gasteiger partial charge < -0.3 is 5.32 Å². The van der Waals surface area contributed by atoms with Crippen molar-refractivity contribution in [2.24, 2.45) is 5.92 Å². The molecule has 0 aromatic carbocycles. The van der Waals surface area contributed by atoms with Crippen molar-refractivity contribution < 1.29 is 0 Å². The SMILES string of the molecule is CCCNC(CC1CCC1)C(C)(C)N1CCCCCC1. The molecular weight excluding hydrogens is 244 g/mol. The van der Waals surface area contributed by atoms with Crippen molar-refractivity contribution in [2.75, 3.05) is 19.6 Å². The molecule has 2 nitrogen and oxygen atoms in total. The van der Waals surface area contributed by atoms with E-state index in [1.807, 2.05) is 0 Å². The van der Waals surface area contributed by atoms with Gasteiger partial charge in [-0.1, -0.05) is 39.0 Å². The van der Waals surface area contributed by atoms with Crippen LogP contribution in [-0.4, -0.2) is 36.1 Å². The van der Waals surface area contributed by atoms with Crippen LogP contribution in [0.3, 0.4) is 0 Å². The third kappa shape index (κ3) is 4.21. The number of nitrogens with one attached hydrogen (secondary N) is 1. The van der Waals surface area contributed by atoms with Crippen molar-refractivity contribution in [3.8, 4) is 0 Å². The number of likely N-dealkylation sites (tertiary alicyclic amines) is 1. The maximum absolute atomic E-state index is 3.88. The monoisotopic (exact) mass is 280 g/mol. The number of rotatable bonds is 7. The summed E-state index contributed by atoms with van der Waals surface area (Å²) in [5, 5.41) is 3.88. The van der Waals surface area contributed by atoms with Gasteiger partial charge in [-0.05, 0) is 65.1 Å². The molecule has 20 heavy (non-hydrogen) atoms. The van der Waals surface area contributed by atoms with Gasteiger partial charge in [-0.3, -0.25) is 4.90 Å². The fourth-order valence-electron chi connectivity index (χ4n) is 3.87. The maximum atomic E-state index is 3.88. The fraction of sp³-hybridized carbons (Fsp3) is 1.00. The van der Waals surface area contributed by atoms with Gasteiger partial charge in [0.2, 0.25) is 0 Å². The summed E-state index contributed by atoms with van der Waals surface area (Å²) >= 11 is 0. The molecule has 0 spiro atoms. The highest BCUT2D eigenvalue weighted by atomic mass is 15.2. The predicted molar refractivity (Wildman–Crippen MR) is 88.2 cm³/mol. The highest BCUT2D eigenvalue weighted by Gasteiger charge is 2.37. The molecule has 2 aliphatic rings. The average Bonchev–Trinajstić information content (AvgIpc) is 2.65. The molecule has 118 valence electrons. The largest absolute Gasteiger partial charge is 0.312 e. The van der Waals surface area contributed by atoms with Crippen LogP contribution in [0.4, 0.5) is 0 Å². The quantitative estimate of drug-likeness (QED) is 0.752. The van der Waals surface area contributed by atoms with Crippen LogP contribution in [-0.2, 0) is 0 Å². The Labute approximate surface area is 126 Å². The summed E-state index contributed by atoms with van der Waals surface area (Å²) < 4.78 is 0. The van der Waals surface area contributed by atoms with Crippen LogP contribution in [0, 0.1) is 5.92 Å². The van der Waals surface area contributed by atoms with Gasteiger partial charge in [0, 0.05) is 11.6 Å². The summed E-state index contributed by atoms with van der Waals surface area (Å²) in [5.74, 6) is 0.996. The molecule has 0 aromatic rings. The zero-order valence-corrected chi connectivity index (χ0v) is 14.1. The van der Waals surface area contributed by atoms with Crippen molar-refractivity contribution in [1.82, 2.24) is 10.2 Å². The molecule has 0 bridgehead atoms. The molecule has 1 unspecified atom stereocenters. The van der Waals surface area contributed by atoms with E-state index in [0.717, 1.165) is 5.92 Å². The van der Waals surface area contributed by atoms with E-state index in [9.17, 15) is 0 Å². The van der Waals surface area contributed by atoms with E-state index in [1.165, 1.54) is 77.4 Å². The molecule has 2 heteroatoms. The Hall–Kier alpha value is -0.0800. The lowest BCUT2D eigenvalue weighted by Gasteiger charge is -2.46. The molecule has 2 fully saturated rings. The first-order chi connectivity index (χ1) is 9.64. The molecule has 1 saturated carbocycles. The van der Waals surface area contributed by atoms with Crippen molar-refractivity contribution in [3.05, 3.63) is 0 Å².